The molecule has 0 radical (unpaired) electrons. The number of piperidine rings is 1. The van der Waals surface area contributed by atoms with E-state index in [4.69, 9.17) is 18.9 Å². The second-order valence-electron chi connectivity index (χ2n) is 10.6. The first kappa shape index (κ1) is 31.5. The summed E-state index contributed by atoms with van der Waals surface area (Å²) < 4.78 is 38.7. The number of ether oxygens (including phenoxy) is 4. The molecule has 3 N–H and O–H groups in total. The van der Waals surface area contributed by atoms with E-state index in [9.17, 15) is 9.59 Å². The Hall–Kier alpha value is -4.90. The summed E-state index contributed by atoms with van der Waals surface area (Å²) in [5.41, 5.74) is 1.66. The molecule has 10 nitrogen and oxygen atoms in total. The number of fused-ring (bicyclic) bond motifs is 1. The van der Waals surface area contributed by atoms with Gasteiger partial charge in [0, 0.05) is 35.9 Å². The van der Waals surface area contributed by atoms with Crippen LogP contribution in [0.1, 0.15) is 25.3 Å². The second-order valence-corrected chi connectivity index (χ2v) is 10.6. The molecule has 236 valence electrons. The van der Waals surface area contributed by atoms with E-state index in [2.05, 4.69) is 20.9 Å². The average molecular weight is 617 g/mol. The molecule has 1 aromatic heterocycles. The van der Waals surface area contributed by atoms with Crippen LogP contribution >= 0.6 is 0 Å². The first-order valence-corrected chi connectivity index (χ1v) is 15.0. The van der Waals surface area contributed by atoms with Crippen molar-refractivity contribution in [3.8, 4) is 28.7 Å². The number of aromatic nitrogens is 1. The summed E-state index contributed by atoms with van der Waals surface area (Å²) in [6.45, 7) is 5.10. The fraction of sp³-hybridized carbons (Fsp3) is 0.324. The maximum absolute atomic E-state index is 15.3. The van der Waals surface area contributed by atoms with Gasteiger partial charge >= 0.3 is 11.8 Å². The average Bonchev–Trinajstić information content (AvgIpc) is 3.05. The minimum Gasteiger partial charge on any atom is -0.494 e. The van der Waals surface area contributed by atoms with E-state index < -0.39 is 17.6 Å². The first-order chi connectivity index (χ1) is 21.9. The number of carbonyl (C=O) groups excluding carboxylic acids is 2. The zero-order valence-corrected chi connectivity index (χ0v) is 25.4. The van der Waals surface area contributed by atoms with Crippen molar-refractivity contribution >= 4 is 28.4 Å². The molecule has 3 aromatic carbocycles. The summed E-state index contributed by atoms with van der Waals surface area (Å²) in [4.78, 5) is 29.3. The number of nitrogens with one attached hydrogen (secondary N) is 3. The lowest BCUT2D eigenvalue weighted by atomic mass is 9.99. The molecule has 0 bridgehead atoms. The monoisotopic (exact) mass is 616 g/mol. The molecule has 0 spiro atoms. The lowest BCUT2D eigenvalue weighted by molar-refractivity contribution is -0.136. The van der Waals surface area contributed by atoms with E-state index in [1.54, 1.807) is 24.4 Å². The third kappa shape index (κ3) is 8.18. The van der Waals surface area contributed by atoms with Gasteiger partial charge in [0.2, 0.25) is 5.75 Å². The fourth-order valence-electron chi connectivity index (χ4n) is 5.12. The van der Waals surface area contributed by atoms with Gasteiger partial charge in [-0.1, -0.05) is 12.1 Å². The molecular formula is C34H37FN4O6. The van der Waals surface area contributed by atoms with Gasteiger partial charge in [0.1, 0.15) is 5.75 Å². The van der Waals surface area contributed by atoms with Crippen LogP contribution in [0, 0.1) is 11.7 Å². The van der Waals surface area contributed by atoms with Crippen molar-refractivity contribution in [2.45, 2.75) is 26.2 Å². The van der Waals surface area contributed by atoms with Gasteiger partial charge < -0.3 is 34.9 Å². The molecule has 2 amide bonds. The number of hydrogen-bond donors (Lipinski definition) is 3. The van der Waals surface area contributed by atoms with Gasteiger partial charge in [-0.2, -0.15) is 0 Å². The van der Waals surface area contributed by atoms with E-state index in [1.165, 1.54) is 19.2 Å². The highest BCUT2D eigenvalue weighted by Gasteiger charge is 2.22. The zero-order chi connectivity index (χ0) is 31.6. The number of anilines is 1. The van der Waals surface area contributed by atoms with Crippen LogP contribution in [-0.4, -0.2) is 56.8 Å². The van der Waals surface area contributed by atoms with Crippen LogP contribution in [0.5, 0.6) is 28.7 Å². The normalized spacial score (nSPS) is 13.2. The van der Waals surface area contributed by atoms with Crippen LogP contribution in [0.25, 0.3) is 10.9 Å². The number of methoxy groups -OCH3 is 1. The van der Waals surface area contributed by atoms with Crippen molar-refractivity contribution in [1.29, 1.82) is 0 Å². The highest BCUT2D eigenvalue weighted by Crippen LogP contribution is 2.45. The summed E-state index contributed by atoms with van der Waals surface area (Å²) >= 11 is 0. The Kier molecular flexibility index (Phi) is 10.7. The topological polar surface area (TPSA) is 120 Å². The largest absolute Gasteiger partial charge is 0.494 e. The highest BCUT2D eigenvalue weighted by molar-refractivity contribution is 6.39. The molecule has 1 fully saturated rings. The third-order valence-electron chi connectivity index (χ3n) is 7.44. The maximum Gasteiger partial charge on any atom is 0.313 e. The lowest BCUT2D eigenvalue weighted by Gasteiger charge is -2.24. The number of carbonyl (C=O) groups is 2. The number of benzene rings is 3. The third-order valence-corrected chi connectivity index (χ3v) is 7.44. The summed E-state index contributed by atoms with van der Waals surface area (Å²) in [6.07, 6.45) is 4.19. The van der Waals surface area contributed by atoms with Crippen molar-refractivity contribution in [3.05, 3.63) is 78.2 Å². The number of hydrogen-bond acceptors (Lipinski definition) is 8. The molecule has 11 heteroatoms. The van der Waals surface area contributed by atoms with Crippen LogP contribution < -0.4 is 34.9 Å². The highest BCUT2D eigenvalue weighted by atomic mass is 19.1. The standard InChI is InChI=1S/C34H37FN4O6/c1-3-43-25-7-4-6-22(18-25)13-17-38-33(40)34(41)39-24-9-10-29(27(35)19-24)45-31-26-8-5-14-37-28(26)20-30(32(31)42-2)44-21-23-11-15-36-16-12-23/h4-10,14,18-20,23,36H,3,11-13,15-17,21H2,1-2H3,(H,38,40)(H,39,41). The van der Waals surface area contributed by atoms with Crippen molar-refractivity contribution in [2.75, 3.05) is 45.3 Å². The Balaban J connectivity index is 1.24. The van der Waals surface area contributed by atoms with Gasteiger partial charge in [0.05, 0.1) is 25.8 Å². The number of pyridine rings is 1. The molecule has 0 unspecified atom stereocenters. The van der Waals surface area contributed by atoms with E-state index in [-0.39, 0.29) is 23.7 Å². The lowest BCUT2D eigenvalue weighted by Crippen LogP contribution is -2.36. The minimum atomic E-state index is -0.913. The number of halogens is 1. The SMILES string of the molecule is CCOc1cccc(CCNC(=O)C(=O)Nc2ccc(Oc3c(OC)c(OCC4CCNCC4)cc4ncccc34)c(F)c2)c1. The molecule has 0 saturated carbocycles. The summed E-state index contributed by atoms with van der Waals surface area (Å²) in [5.74, 6) is -0.425. The predicted octanol–water partition coefficient (Wildman–Crippen LogP) is 5.25. The Bertz CT molecular complexity index is 1640. The van der Waals surface area contributed by atoms with Crippen molar-refractivity contribution in [3.63, 3.8) is 0 Å². The van der Waals surface area contributed by atoms with Crippen LogP contribution in [0.3, 0.4) is 0 Å². The summed E-state index contributed by atoms with van der Waals surface area (Å²) in [6, 6.07) is 16.8. The molecule has 0 atom stereocenters. The minimum absolute atomic E-state index is 0.0990. The van der Waals surface area contributed by atoms with Gasteiger partial charge in [-0.05, 0) is 87.2 Å². The molecular weight excluding hydrogens is 579 g/mol. The van der Waals surface area contributed by atoms with Crippen molar-refractivity contribution < 1.29 is 32.9 Å². The Morgan fingerprint density at radius 3 is 2.60 bits per heavy atom. The quantitative estimate of drug-likeness (QED) is 0.185. The van der Waals surface area contributed by atoms with E-state index in [0.717, 1.165) is 43.3 Å². The zero-order valence-electron chi connectivity index (χ0n) is 25.4. The molecule has 5 rings (SSSR count). The number of nitrogens with zero attached hydrogens (tertiary/aromatic N) is 1. The Morgan fingerprint density at radius 2 is 1.82 bits per heavy atom. The van der Waals surface area contributed by atoms with Gasteiger partial charge in [-0.3, -0.25) is 14.6 Å². The van der Waals surface area contributed by atoms with Gasteiger partial charge in [-0.25, -0.2) is 4.39 Å². The van der Waals surface area contributed by atoms with Crippen LogP contribution in [0.2, 0.25) is 0 Å². The van der Waals surface area contributed by atoms with E-state index >= 15 is 4.39 Å². The first-order valence-electron chi connectivity index (χ1n) is 15.0. The molecule has 45 heavy (non-hydrogen) atoms. The Labute approximate surface area is 261 Å². The van der Waals surface area contributed by atoms with Crippen LogP contribution in [0.15, 0.2) is 66.9 Å². The molecule has 1 aliphatic rings. The van der Waals surface area contributed by atoms with Crippen LogP contribution in [0.4, 0.5) is 10.1 Å². The van der Waals surface area contributed by atoms with E-state index in [1.807, 2.05) is 31.2 Å². The van der Waals surface area contributed by atoms with Gasteiger partial charge in [0.15, 0.2) is 23.1 Å². The fourth-order valence-corrected chi connectivity index (χ4v) is 5.12. The predicted molar refractivity (Wildman–Crippen MR) is 169 cm³/mol. The Morgan fingerprint density at radius 1 is 0.978 bits per heavy atom. The second kappa shape index (κ2) is 15.2. The van der Waals surface area contributed by atoms with Gasteiger partial charge in [0.25, 0.3) is 0 Å². The molecule has 4 aromatic rings. The maximum atomic E-state index is 15.3. The molecule has 1 saturated heterocycles. The number of amides is 2. The van der Waals surface area contributed by atoms with Crippen LogP contribution in [-0.2, 0) is 16.0 Å². The smallest absolute Gasteiger partial charge is 0.313 e. The summed E-state index contributed by atoms with van der Waals surface area (Å²) in [7, 11) is 1.50. The van der Waals surface area contributed by atoms with Gasteiger partial charge in [-0.15, -0.1) is 0 Å². The molecule has 2 heterocycles. The number of rotatable bonds is 12. The molecule has 1 aliphatic heterocycles. The van der Waals surface area contributed by atoms with Crippen molar-refractivity contribution in [2.24, 2.45) is 5.92 Å². The molecule has 0 aliphatic carbocycles. The van der Waals surface area contributed by atoms with Crippen molar-refractivity contribution in [1.82, 2.24) is 15.6 Å². The summed E-state index contributed by atoms with van der Waals surface area (Å²) in [5, 5.41) is 8.97. The van der Waals surface area contributed by atoms with E-state index in [0.29, 0.717) is 48.0 Å².